The zero-order valence-electron chi connectivity index (χ0n) is 12.4. The number of carboxylic acids is 1. The summed E-state index contributed by atoms with van der Waals surface area (Å²) in [5.74, 6) is -0.356. The zero-order valence-corrected chi connectivity index (χ0v) is 13.2. The molecule has 0 unspecified atom stereocenters. The minimum absolute atomic E-state index is 0.0593. The predicted molar refractivity (Wildman–Crippen MR) is 81.8 cm³/mol. The van der Waals surface area contributed by atoms with Gasteiger partial charge in [-0.15, -0.1) is 0 Å². The van der Waals surface area contributed by atoms with Gasteiger partial charge >= 0.3 is 5.97 Å². The molecule has 4 N–H and O–H groups in total. The summed E-state index contributed by atoms with van der Waals surface area (Å²) < 4.78 is -0.572. The molecule has 1 aliphatic rings. The molecule has 116 valence electrons. The molecule has 20 heavy (non-hydrogen) atoms. The fourth-order valence-electron chi connectivity index (χ4n) is 2.34. The SMILES string of the molecule is CC(C)(SCCC(=O)NC1CCCCC1)[C@H](N)C(=O)O. The van der Waals surface area contributed by atoms with E-state index in [0.29, 0.717) is 18.2 Å². The molecule has 0 spiro atoms. The molecule has 0 bridgehead atoms. The number of carboxylic acid groups (broad SMARTS) is 1. The van der Waals surface area contributed by atoms with E-state index in [2.05, 4.69) is 5.32 Å². The molecule has 6 heteroatoms. The van der Waals surface area contributed by atoms with Gasteiger partial charge in [-0.25, -0.2) is 0 Å². The third kappa shape index (κ3) is 5.71. The van der Waals surface area contributed by atoms with Gasteiger partial charge in [0.05, 0.1) is 0 Å². The lowest BCUT2D eigenvalue weighted by Gasteiger charge is -2.28. The third-order valence-electron chi connectivity index (χ3n) is 3.79. The normalized spacial score (nSPS) is 18.6. The second kappa shape index (κ2) is 7.88. The van der Waals surface area contributed by atoms with Crippen LogP contribution in [0.3, 0.4) is 0 Å². The molecule has 1 atom stereocenters. The molecule has 1 aliphatic carbocycles. The van der Waals surface area contributed by atoms with Crippen molar-refractivity contribution in [1.82, 2.24) is 5.32 Å². The second-order valence-corrected chi connectivity index (χ2v) is 7.67. The molecular weight excluding hydrogens is 276 g/mol. The van der Waals surface area contributed by atoms with Crippen LogP contribution in [-0.2, 0) is 9.59 Å². The fraction of sp³-hybridized carbons (Fsp3) is 0.857. The van der Waals surface area contributed by atoms with Crippen molar-refractivity contribution in [1.29, 1.82) is 0 Å². The van der Waals surface area contributed by atoms with E-state index >= 15 is 0 Å². The molecule has 1 rings (SSSR count). The van der Waals surface area contributed by atoms with Crippen molar-refractivity contribution in [2.45, 2.75) is 69.2 Å². The van der Waals surface area contributed by atoms with Crippen LogP contribution in [0.5, 0.6) is 0 Å². The smallest absolute Gasteiger partial charge is 0.321 e. The van der Waals surface area contributed by atoms with Gasteiger partial charge in [0.1, 0.15) is 6.04 Å². The van der Waals surface area contributed by atoms with E-state index < -0.39 is 16.8 Å². The summed E-state index contributed by atoms with van der Waals surface area (Å²) in [5, 5.41) is 12.0. The van der Waals surface area contributed by atoms with E-state index in [4.69, 9.17) is 10.8 Å². The van der Waals surface area contributed by atoms with Gasteiger partial charge in [0.2, 0.25) is 5.91 Å². The van der Waals surface area contributed by atoms with Crippen LogP contribution in [0.2, 0.25) is 0 Å². The van der Waals surface area contributed by atoms with E-state index in [9.17, 15) is 9.59 Å². The molecule has 0 aromatic heterocycles. The average molecular weight is 302 g/mol. The Morgan fingerprint density at radius 3 is 2.50 bits per heavy atom. The van der Waals surface area contributed by atoms with E-state index in [1.54, 1.807) is 13.8 Å². The summed E-state index contributed by atoms with van der Waals surface area (Å²) in [7, 11) is 0. The van der Waals surface area contributed by atoms with Crippen LogP contribution >= 0.6 is 11.8 Å². The molecule has 0 heterocycles. The van der Waals surface area contributed by atoms with Crippen LogP contribution < -0.4 is 11.1 Å². The van der Waals surface area contributed by atoms with Crippen LogP contribution in [0.1, 0.15) is 52.4 Å². The number of aliphatic carboxylic acids is 1. The topological polar surface area (TPSA) is 92.4 Å². The van der Waals surface area contributed by atoms with Gasteiger partial charge in [-0.1, -0.05) is 19.3 Å². The van der Waals surface area contributed by atoms with E-state index in [-0.39, 0.29) is 5.91 Å². The molecule has 1 saturated carbocycles. The molecular formula is C14H26N2O3S. The van der Waals surface area contributed by atoms with E-state index in [0.717, 1.165) is 12.8 Å². The number of thioether (sulfide) groups is 1. The maximum atomic E-state index is 11.8. The van der Waals surface area contributed by atoms with Gasteiger partial charge in [-0.05, 0) is 26.7 Å². The van der Waals surface area contributed by atoms with E-state index in [1.807, 2.05) is 0 Å². The summed E-state index contributed by atoms with van der Waals surface area (Å²) in [5.41, 5.74) is 5.64. The van der Waals surface area contributed by atoms with Crippen molar-refractivity contribution in [2.24, 2.45) is 5.73 Å². The highest BCUT2D eigenvalue weighted by molar-refractivity contribution is 8.00. The van der Waals surface area contributed by atoms with Crippen molar-refractivity contribution in [2.75, 3.05) is 5.75 Å². The van der Waals surface area contributed by atoms with Gasteiger partial charge in [-0.3, -0.25) is 9.59 Å². The van der Waals surface area contributed by atoms with Crippen LogP contribution in [0.15, 0.2) is 0 Å². The van der Waals surface area contributed by atoms with Gasteiger partial charge < -0.3 is 16.2 Å². The Balaban J connectivity index is 2.25. The predicted octanol–water partition coefficient (Wildman–Crippen LogP) is 1.75. The molecule has 0 aromatic carbocycles. The lowest BCUT2D eigenvalue weighted by atomic mass is 9.95. The molecule has 0 aromatic rings. The van der Waals surface area contributed by atoms with Gasteiger partial charge in [-0.2, -0.15) is 11.8 Å². The lowest BCUT2D eigenvalue weighted by Crippen LogP contribution is -2.47. The van der Waals surface area contributed by atoms with Gasteiger partial charge in [0.25, 0.3) is 0 Å². The Morgan fingerprint density at radius 2 is 1.95 bits per heavy atom. The van der Waals surface area contributed by atoms with Crippen molar-refractivity contribution < 1.29 is 14.7 Å². The number of hydrogen-bond donors (Lipinski definition) is 3. The number of nitrogens with one attached hydrogen (secondary N) is 1. The largest absolute Gasteiger partial charge is 0.480 e. The van der Waals surface area contributed by atoms with E-state index in [1.165, 1.54) is 31.0 Å². The van der Waals surface area contributed by atoms with Crippen LogP contribution in [-0.4, -0.2) is 39.6 Å². The molecule has 5 nitrogen and oxygen atoms in total. The standard InChI is InChI=1S/C14H26N2O3S/c1-14(2,12(15)13(18)19)20-9-8-11(17)16-10-6-4-3-5-7-10/h10,12H,3-9,15H2,1-2H3,(H,16,17)(H,18,19)/t12-/m1/s1. The summed E-state index contributed by atoms with van der Waals surface area (Å²) in [6.45, 7) is 3.60. The number of rotatable bonds is 7. The minimum atomic E-state index is -1.01. The zero-order chi connectivity index (χ0) is 15.2. The highest BCUT2D eigenvalue weighted by atomic mass is 32.2. The highest BCUT2D eigenvalue weighted by Crippen LogP contribution is 2.28. The Morgan fingerprint density at radius 1 is 1.35 bits per heavy atom. The number of carbonyl (C=O) groups is 2. The molecule has 0 aliphatic heterocycles. The Bertz CT molecular complexity index is 341. The van der Waals surface area contributed by atoms with Crippen LogP contribution in [0, 0.1) is 0 Å². The monoisotopic (exact) mass is 302 g/mol. The fourth-order valence-corrected chi connectivity index (χ4v) is 3.43. The van der Waals surface area contributed by atoms with Gasteiger partial charge in [0, 0.05) is 23.0 Å². The molecule has 0 saturated heterocycles. The highest BCUT2D eigenvalue weighted by Gasteiger charge is 2.32. The molecule has 1 fully saturated rings. The van der Waals surface area contributed by atoms with Crippen molar-refractivity contribution in [3.05, 3.63) is 0 Å². The van der Waals surface area contributed by atoms with Gasteiger partial charge in [0.15, 0.2) is 0 Å². The number of amides is 1. The minimum Gasteiger partial charge on any atom is -0.480 e. The van der Waals surface area contributed by atoms with Crippen LogP contribution in [0.25, 0.3) is 0 Å². The first-order valence-corrected chi connectivity index (χ1v) is 8.23. The Hall–Kier alpha value is -0.750. The number of carbonyl (C=O) groups excluding carboxylic acids is 1. The summed E-state index contributed by atoms with van der Waals surface area (Å²) >= 11 is 1.44. The molecule has 0 radical (unpaired) electrons. The Labute approximate surface area is 125 Å². The van der Waals surface area contributed by atoms with Crippen molar-refractivity contribution >= 4 is 23.6 Å². The third-order valence-corrected chi connectivity index (χ3v) is 5.19. The first-order chi connectivity index (χ1) is 9.33. The second-order valence-electron chi connectivity index (χ2n) is 5.92. The summed E-state index contributed by atoms with van der Waals surface area (Å²) in [4.78, 5) is 22.7. The number of nitrogens with two attached hydrogens (primary N) is 1. The maximum absolute atomic E-state index is 11.8. The number of hydrogen-bond acceptors (Lipinski definition) is 4. The molecule has 1 amide bonds. The average Bonchev–Trinajstić information content (AvgIpc) is 2.38. The first kappa shape index (κ1) is 17.3. The lowest BCUT2D eigenvalue weighted by molar-refractivity contribution is -0.139. The first-order valence-electron chi connectivity index (χ1n) is 7.24. The van der Waals surface area contributed by atoms with Crippen molar-refractivity contribution in [3.8, 4) is 0 Å². The summed E-state index contributed by atoms with van der Waals surface area (Å²) in [6, 6.07) is -0.593. The Kier molecular flexibility index (Phi) is 6.82. The van der Waals surface area contributed by atoms with Crippen LogP contribution in [0.4, 0.5) is 0 Å². The quantitative estimate of drug-likeness (QED) is 0.666. The maximum Gasteiger partial charge on any atom is 0.321 e. The summed E-state index contributed by atoms with van der Waals surface area (Å²) in [6.07, 6.45) is 6.23. The van der Waals surface area contributed by atoms with Crippen molar-refractivity contribution in [3.63, 3.8) is 0 Å².